The van der Waals surface area contributed by atoms with E-state index in [4.69, 9.17) is 4.74 Å². The fraction of sp³-hybridized carbons (Fsp3) is 1.00. The van der Waals surface area contributed by atoms with Crippen LogP contribution in [0.25, 0.3) is 0 Å². The van der Waals surface area contributed by atoms with Crippen LogP contribution in [0.5, 0.6) is 0 Å². The van der Waals surface area contributed by atoms with Crippen molar-refractivity contribution < 1.29 is 4.74 Å². The summed E-state index contributed by atoms with van der Waals surface area (Å²) in [5.74, 6) is 1.28. The summed E-state index contributed by atoms with van der Waals surface area (Å²) in [6, 6.07) is 0.718. The Labute approximate surface area is 110 Å². The van der Waals surface area contributed by atoms with Gasteiger partial charge < -0.3 is 10.1 Å². The number of nitrogens with one attached hydrogen (secondary N) is 1. The summed E-state index contributed by atoms with van der Waals surface area (Å²) in [7, 11) is 0. The van der Waals surface area contributed by atoms with Gasteiger partial charge in [-0.3, -0.25) is 4.90 Å². The highest BCUT2D eigenvalue weighted by atomic mass is 32.2. The molecule has 17 heavy (non-hydrogen) atoms. The molecule has 100 valence electrons. The Balaban J connectivity index is 1.76. The maximum absolute atomic E-state index is 5.42. The molecule has 2 unspecified atom stereocenters. The van der Waals surface area contributed by atoms with Gasteiger partial charge in [-0.15, -0.1) is 0 Å². The molecule has 4 heteroatoms. The lowest BCUT2D eigenvalue weighted by Crippen LogP contribution is -2.55. The van der Waals surface area contributed by atoms with E-state index < -0.39 is 0 Å². The van der Waals surface area contributed by atoms with E-state index in [0.29, 0.717) is 0 Å². The van der Waals surface area contributed by atoms with Crippen LogP contribution in [0.1, 0.15) is 27.2 Å². The molecule has 0 saturated carbocycles. The molecular weight excluding hydrogens is 232 g/mol. The lowest BCUT2D eigenvalue weighted by Gasteiger charge is -2.41. The van der Waals surface area contributed by atoms with E-state index in [2.05, 4.69) is 42.7 Å². The maximum Gasteiger partial charge on any atom is 0.0594 e. The van der Waals surface area contributed by atoms with Gasteiger partial charge in [0.2, 0.25) is 0 Å². The summed E-state index contributed by atoms with van der Waals surface area (Å²) in [5, 5.41) is 4.58. The Kier molecular flexibility index (Phi) is 4.75. The largest absolute Gasteiger partial charge is 0.379 e. The maximum atomic E-state index is 5.42. The number of nitrogens with zero attached hydrogens (tertiary/aromatic N) is 1. The predicted octanol–water partition coefficient (Wildman–Crippen LogP) is 1.58. The second-order valence-corrected chi connectivity index (χ2v) is 7.34. The average molecular weight is 258 g/mol. The summed E-state index contributed by atoms with van der Waals surface area (Å²) < 4.78 is 5.42. The van der Waals surface area contributed by atoms with Crippen LogP contribution in [0, 0.1) is 0 Å². The highest BCUT2D eigenvalue weighted by molar-refractivity contribution is 8.00. The van der Waals surface area contributed by atoms with Crippen molar-refractivity contribution in [1.82, 2.24) is 10.2 Å². The van der Waals surface area contributed by atoms with Crippen LogP contribution in [-0.2, 0) is 4.74 Å². The van der Waals surface area contributed by atoms with Gasteiger partial charge in [-0.2, -0.15) is 11.8 Å². The zero-order valence-corrected chi connectivity index (χ0v) is 12.2. The zero-order chi connectivity index (χ0) is 12.3. The van der Waals surface area contributed by atoms with Crippen LogP contribution in [0.4, 0.5) is 0 Å². The lowest BCUT2D eigenvalue weighted by atomic mass is 10.0. The molecule has 2 fully saturated rings. The molecule has 0 aromatic carbocycles. The van der Waals surface area contributed by atoms with Crippen LogP contribution in [0.3, 0.4) is 0 Å². The molecule has 0 aliphatic carbocycles. The third kappa shape index (κ3) is 3.85. The second kappa shape index (κ2) is 5.91. The lowest BCUT2D eigenvalue weighted by molar-refractivity contribution is -0.0102. The van der Waals surface area contributed by atoms with Crippen molar-refractivity contribution in [2.24, 2.45) is 0 Å². The Morgan fingerprint density at radius 3 is 2.65 bits per heavy atom. The van der Waals surface area contributed by atoms with Crippen LogP contribution in [0.15, 0.2) is 0 Å². The van der Waals surface area contributed by atoms with E-state index in [0.717, 1.165) is 44.1 Å². The first kappa shape index (κ1) is 13.7. The minimum atomic E-state index is 0.250. The Morgan fingerprint density at radius 2 is 2.06 bits per heavy atom. The van der Waals surface area contributed by atoms with Crippen LogP contribution >= 0.6 is 11.8 Å². The van der Waals surface area contributed by atoms with E-state index in [1.807, 2.05) is 0 Å². The first-order valence-electron chi connectivity index (χ1n) is 6.76. The van der Waals surface area contributed by atoms with Crippen molar-refractivity contribution in [1.29, 1.82) is 0 Å². The Hall–Kier alpha value is 0.230. The van der Waals surface area contributed by atoms with Crippen LogP contribution in [-0.4, -0.2) is 60.3 Å². The summed E-state index contributed by atoms with van der Waals surface area (Å²) in [6.07, 6.45) is 1.32. The SMILES string of the molecule is CC1CC(NCC(C)(C)N2CCOCC2)CS1. The molecule has 2 aliphatic heterocycles. The fourth-order valence-corrected chi connectivity index (χ4v) is 3.82. The summed E-state index contributed by atoms with van der Waals surface area (Å²) in [5.41, 5.74) is 0.250. The molecule has 3 nitrogen and oxygen atoms in total. The van der Waals surface area contributed by atoms with E-state index >= 15 is 0 Å². The third-order valence-electron chi connectivity index (χ3n) is 3.89. The molecule has 1 N–H and O–H groups in total. The van der Waals surface area contributed by atoms with E-state index in [1.54, 1.807) is 0 Å². The molecule has 0 radical (unpaired) electrons. The summed E-state index contributed by atoms with van der Waals surface area (Å²) >= 11 is 2.10. The first-order chi connectivity index (χ1) is 8.08. The van der Waals surface area contributed by atoms with E-state index in [-0.39, 0.29) is 5.54 Å². The number of rotatable bonds is 4. The van der Waals surface area contributed by atoms with E-state index in [1.165, 1.54) is 12.2 Å². The van der Waals surface area contributed by atoms with Gasteiger partial charge in [-0.1, -0.05) is 6.92 Å². The first-order valence-corrected chi connectivity index (χ1v) is 7.80. The highest BCUT2D eigenvalue weighted by Crippen LogP contribution is 2.26. The van der Waals surface area contributed by atoms with Gasteiger partial charge in [0.25, 0.3) is 0 Å². The molecular formula is C13H26N2OS. The average Bonchev–Trinajstić information content (AvgIpc) is 2.74. The number of hydrogen-bond donors (Lipinski definition) is 1. The minimum absolute atomic E-state index is 0.250. The molecule has 0 bridgehead atoms. The van der Waals surface area contributed by atoms with Crippen LogP contribution in [0.2, 0.25) is 0 Å². The number of morpholine rings is 1. The van der Waals surface area contributed by atoms with Crippen molar-refractivity contribution in [3.05, 3.63) is 0 Å². The number of ether oxygens (including phenoxy) is 1. The van der Waals surface area contributed by atoms with Crippen molar-refractivity contribution in [3.8, 4) is 0 Å². The Morgan fingerprint density at radius 1 is 1.35 bits per heavy atom. The number of hydrogen-bond acceptors (Lipinski definition) is 4. The Bertz CT molecular complexity index is 242. The monoisotopic (exact) mass is 258 g/mol. The van der Waals surface area contributed by atoms with Gasteiger partial charge in [0.05, 0.1) is 13.2 Å². The fourth-order valence-electron chi connectivity index (χ4n) is 2.63. The second-order valence-electron chi connectivity index (χ2n) is 5.87. The van der Waals surface area contributed by atoms with Crippen molar-refractivity contribution >= 4 is 11.8 Å². The molecule has 0 spiro atoms. The highest BCUT2D eigenvalue weighted by Gasteiger charge is 2.30. The van der Waals surface area contributed by atoms with Gasteiger partial charge >= 0.3 is 0 Å². The van der Waals surface area contributed by atoms with Crippen molar-refractivity contribution in [3.63, 3.8) is 0 Å². The molecule has 2 rings (SSSR count). The van der Waals surface area contributed by atoms with Crippen LogP contribution < -0.4 is 5.32 Å². The molecule has 2 heterocycles. The van der Waals surface area contributed by atoms with Gasteiger partial charge in [-0.05, 0) is 20.3 Å². The molecule has 2 aliphatic rings. The van der Waals surface area contributed by atoms with Gasteiger partial charge in [0.15, 0.2) is 0 Å². The quantitative estimate of drug-likeness (QED) is 0.827. The van der Waals surface area contributed by atoms with Crippen molar-refractivity contribution in [2.75, 3.05) is 38.6 Å². The molecule has 0 amide bonds. The molecule has 2 atom stereocenters. The van der Waals surface area contributed by atoms with Crippen molar-refractivity contribution in [2.45, 2.75) is 44.0 Å². The zero-order valence-electron chi connectivity index (χ0n) is 11.4. The smallest absolute Gasteiger partial charge is 0.0594 e. The van der Waals surface area contributed by atoms with E-state index in [9.17, 15) is 0 Å². The molecule has 0 aromatic rings. The normalized spacial score (nSPS) is 31.9. The summed E-state index contributed by atoms with van der Waals surface area (Å²) in [6.45, 7) is 12.0. The summed E-state index contributed by atoms with van der Waals surface area (Å²) in [4.78, 5) is 2.55. The standard InChI is InChI=1S/C13H26N2OS/c1-11-8-12(9-17-11)14-10-13(2,3)15-4-6-16-7-5-15/h11-12,14H,4-10H2,1-3H3. The predicted molar refractivity (Wildman–Crippen MR) is 74.8 cm³/mol. The third-order valence-corrected chi connectivity index (χ3v) is 5.25. The topological polar surface area (TPSA) is 24.5 Å². The minimum Gasteiger partial charge on any atom is -0.379 e. The molecule has 0 aromatic heterocycles. The van der Waals surface area contributed by atoms with Gasteiger partial charge in [-0.25, -0.2) is 0 Å². The molecule has 2 saturated heterocycles. The van der Waals surface area contributed by atoms with Gasteiger partial charge in [0.1, 0.15) is 0 Å². The van der Waals surface area contributed by atoms with Gasteiger partial charge in [0, 0.05) is 42.2 Å². The number of thioether (sulfide) groups is 1.